The number of halogens is 1. The molecule has 0 spiro atoms. The van der Waals surface area contributed by atoms with Crippen molar-refractivity contribution in [2.24, 2.45) is 5.92 Å². The van der Waals surface area contributed by atoms with Crippen LogP contribution in [0.4, 0.5) is 4.79 Å². The Morgan fingerprint density at radius 1 is 0.906 bits per heavy atom. The summed E-state index contributed by atoms with van der Waals surface area (Å²) in [6.45, 7) is 1.33. The number of rotatable bonds is 9. The average molecular weight is 454 g/mol. The van der Waals surface area contributed by atoms with E-state index in [2.05, 4.69) is 29.6 Å². The largest absolute Gasteiger partial charge is 0.449 e. The smallest absolute Gasteiger partial charge is 0.407 e. The van der Waals surface area contributed by atoms with Gasteiger partial charge in [-0.15, -0.1) is 12.4 Å². The fourth-order valence-electron chi connectivity index (χ4n) is 3.97. The highest BCUT2D eigenvalue weighted by Gasteiger charge is 2.29. The standard InChI is InChI=1S/C26H27NO4.ClH/c28-15-20(17-30-16-19-8-2-1-3-9-19)14-27-26(29)31-18-25-23-12-6-4-10-21(23)22-11-5-7-13-24(22)25;/h1-13,20,25,28H,14-18H2,(H,27,29);1H/t20-;/m0./s1. The number of fused-ring (bicyclic) bond motifs is 3. The van der Waals surface area contributed by atoms with E-state index >= 15 is 0 Å². The molecular weight excluding hydrogens is 426 g/mol. The Balaban J connectivity index is 0.00000289. The lowest BCUT2D eigenvalue weighted by atomic mass is 9.98. The van der Waals surface area contributed by atoms with Crippen molar-refractivity contribution in [3.05, 3.63) is 95.6 Å². The Morgan fingerprint density at radius 3 is 2.12 bits per heavy atom. The molecule has 6 heteroatoms. The second kappa shape index (κ2) is 11.7. The Kier molecular flexibility index (Phi) is 8.68. The van der Waals surface area contributed by atoms with Crippen molar-refractivity contribution >= 4 is 18.5 Å². The third-order valence-electron chi connectivity index (χ3n) is 5.60. The van der Waals surface area contributed by atoms with E-state index < -0.39 is 6.09 Å². The number of carbonyl (C=O) groups excluding carboxylic acids is 1. The topological polar surface area (TPSA) is 67.8 Å². The highest BCUT2D eigenvalue weighted by Crippen LogP contribution is 2.44. The number of ether oxygens (including phenoxy) is 2. The van der Waals surface area contributed by atoms with Crippen molar-refractivity contribution in [2.75, 3.05) is 26.4 Å². The first kappa shape index (κ1) is 23.8. The lowest BCUT2D eigenvalue weighted by molar-refractivity contribution is 0.0615. The van der Waals surface area contributed by atoms with Gasteiger partial charge < -0.3 is 19.9 Å². The molecule has 1 aliphatic rings. The van der Waals surface area contributed by atoms with E-state index in [0.717, 1.165) is 5.56 Å². The molecule has 2 N–H and O–H groups in total. The summed E-state index contributed by atoms with van der Waals surface area (Å²) in [6, 6.07) is 26.3. The van der Waals surface area contributed by atoms with Crippen LogP contribution in [0.2, 0.25) is 0 Å². The van der Waals surface area contributed by atoms with Gasteiger partial charge in [-0.3, -0.25) is 0 Å². The van der Waals surface area contributed by atoms with Gasteiger partial charge in [0.15, 0.2) is 0 Å². The molecule has 32 heavy (non-hydrogen) atoms. The Labute approximate surface area is 194 Å². The first-order chi connectivity index (χ1) is 15.3. The van der Waals surface area contributed by atoms with Crippen molar-refractivity contribution in [3.8, 4) is 11.1 Å². The minimum atomic E-state index is -0.483. The van der Waals surface area contributed by atoms with Crippen LogP contribution in [0.15, 0.2) is 78.9 Å². The summed E-state index contributed by atoms with van der Waals surface area (Å²) >= 11 is 0. The predicted octanol–water partition coefficient (Wildman–Crippen LogP) is 4.77. The molecule has 5 nitrogen and oxygen atoms in total. The van der Waals surface area contributed by atoms with Crippen LogP contribution in [0.5, 0.6) is 0 Å². The number of benzene rings is 3. The maximum Gasteiger partial charge on any atom is 0.407 e. The fourth-order valence-corrected chi connectivity index (χ4v) is 3.97. The van der Waals surface area contributed by atoms with Gasteiger partial charge in [0.25, 0.3) is 0 Å². The van der Waals surface area contributed by atoms with Gasteiger partial charge in [-0.05, 0) is 27.8 Å². The number of carbonyl (C=O) groups is 1. The van der Waals surface area contributed by atoms with Crippen LogP contribution in [-0.2, 0) is 16.1 Å². The summed E-state index contributed by atoms with van der Waals surface area (Å²) < 4.78 is 11.2. The summed E-state index contributed by atoms with van der Waals surface area (Å²) in [6.07, 6.45) is -0.483. The SMILES string of the molecule is Cl.O=C(NC[C@@H](CO)COCc1ccccc1)OCC1c2ccccc2-c2ccccc21. The first-order valence-electron chi connectivity index (χ1n) is 10.6. The van der Waals surface area contributed by atoms with Crippen LogP contribution in [0, 0.1) is 5.92 Å². The number of aliphatic hydroxyl groups is 1. The van der Waals surface area contributed by atoms with Gasteiger partial charge in [0.1, 0.15) is 6.61 Å². The minimum absolute atomic E-state index is 0. The Hall–Kier alpha value is -2.86. The molecular formula is C26H28ClNO4. The number of aliphatic hydroxyl groups excluding tert-OH is 1. The Bertz CT molecular complexity index is 966. The maximum atomic E-state index is 12.3. The average Bonchev–Trinajstić information content (AvgIpc) is 3.14. The zero-order valence-electron chi connectivity index (χ0n) is 17.8. The number of hydrogen-bond acceptors (Lipinski definition) is 4. The third-order valence-corrected chi connectivity index (χ3v) is 5.60. The molecule has 0 unspecified atom stereocenters. The van der Waals surface area contributed by atoms with Gasteiger partial charge >= 0.3 is 6.09 Å². The normalized spacial score (nSPS) is 12.9. The van der Waals surface area contributed by atoms with Gasteiger partial charge in [0.05, 0.1) is 13.2 Å². The lowest BCUT2D eigenvalue weighted by Gasteiger charge is -2.17. The summed E-state index contributed by atoms with van der Waals surface area (Å²) in [5.74, 6) is -0.162. The van der Waals surface area contributed by atoms with Crippen LogP contribution in [-0.4, -0.2) is 37.6 Å². The highest BCUT2D eigenvalue weighted by atomic mass is 35.5. The molecule has 0 heterocycles. The van der Waals surface area contributed by atoms with Gasteiger partial charge in [-0.25, -0.2) is 4.79 Å². The van der Waals surface area contributed by atoms with E-state index in [4.69, 9.17) is 9.47 Å². The second-order valence-corrected chi connectivity index (χ2v) is 7.76. The van der Waals surface area contributed by atoms with Crippen LogP contribution < -0.4 is 5.32 Å². The lowest BCUT2D eigenvalue weighted by Crippen LogP contribution is -2.34. The zero-order valence-corrected chi connectivity index (χ0v) is 18.6. The van der Waals surface area contributed by atoms with Crippen molar-refractivity contribution < 1.29 is 19.4 Å². The van der Waals surface area contributed by atoms with Gasteiger partial charge in [-0.2, -0.15) is 0 Å². The highest BCUT2D eigenvalue weighted by molar-refractivity contribution is 5.85. The quantitative estimate of drug-likeness (QED) is 0.489. The zero-order chi connectivity index (χ0) is 21.5. The van der Waals surface area contributed by atoms with E-state index in [0.29, 0.717) is 19.8 Å². The van der Waals surface area contributed by atoms with Crippen LogP contribution >= 0.6 is 12.4 Å². The summed E-state index contributed by atoms with van der Waals surface area (Å²) in [5, 5.41) is 12.3. The van der Waals surface area contributed by atoms with Crippen LogP contribution in [0.3, 0.4) is 0 Å². The molecule has 0 saturated heterocycles. The number of amides is 1. The van der Waals surface area contributed by atoms with E-state index in [1.54, 1.807) is 0 Å². The molecule has 0 aromatic heterocycles. The van der Waals surface area contributed by atoms with Gasteiger partial charge in [-0.1, -0.05) is 78.9 Å². The fraction of sp³-hybridized carbons (Fsp3) is 0.269. The number of alkyl carbamates (subject to hydrolysis) is 1. The van der Waals surface area contributed by atoms with E-state index in [-0.39, 0.29) is 37.5 Å². The van der Waals surface area contributed by atoms with Crippen molar-refractivity contribution in [1.82, 2.24) is 5.32 Å². The molecule has 1 atom stereocenters. The van der Waals surface area contributed by atoms with Crippen LogP contribution in [0.25, 0.3) is 11.1 Å². The molecule has 3 aromatic rings. The first-order valence-corrected chi connectivity index (χ1v) is 10.6. The minimum Gasteiger partial charge on any atom is -0.449 e. The molecule has 1 aliphatic carbocycles. The summed E-state index contributed by atoms with van der Waals surface area (Å²) in [7, 11) is 0. The molecule has 0 radical (unpaired) electrons. The van der Waals surface area contributed by atoms with Crippen LogP contribution in [0.1, 0.15) is 22.6 Å². The monoisotopic (exact) mass is 453 g/mol. The van der Waals surface area contributed by atoms with E-state index in [1.165, 1.54) is 22.3 Å². The molecule has 1 amide bonds. The molecule has 0 bridgehead atoms. The summed E-state index contributed by atoms with van der Waals surface area (Å²) in [5.41, 5.74) is 5.83. The second-order valence-electron chi connectivity index (χ2n) is 7.76. The maximum absolute atomic E-state index is 12.3. The predicted molar refractivity (Wildman–Crippen MR) is 127 cm³/mol. The van der Waals surface area contributed by atoms with Gasteiger partial charge in [0, 0.05) is 25.0 Å². The van der Waals surface area contributed by atoms with Gasteiger partial charge in [0.2, 0.25) is 0 Å². The number of nitrogens with one attached hydrogen (secondary N) is 1. The molecule has 168 valence electrons. The molecule has 3 aromatic carbocycles. The van der Waals surface area contributed by atoms with E-state index in [1.807, 2.05) is 54.6 Å². The van der Waals surface area contributed by atoms with E-state index in [9.17, 15) is 9.90 Å². The third kappa shape index (κ3) is 5.68. The number of hydrogen-bond donors (Lipinski definition) is 2. The molecule has 0 saturated carbocycles. The molecule has 0 fully saturated rings. The molecule has 4 rings (SSSR count). The Morgan fingerprint density at radius 2 is 1.50 bits per heavy atom. The van der Waals surface area contributed by atoms with Crippen molar-refractivity contribution in [1.29, 1.82) is 0 Å². The van der Waals surface area contributed by atoms with Crippen molar-refractivity contribution in [3.63, 3.8) is 0 Å². The van der Waals surface area contributed by atoms with Crippen molar-refractivity contribution in [2.45, 2.75) is 12.5 Å². The molecule has 0 aliphatic heterocycles. The summed E-state index contributed by atoms with van der Waals surface area (Å²) in [4.78, 5) is 12.3.